The van der Waals surface area contributed by atoms with E-state index in [0.29, 0.717) is 22.9 Å². The van der Waals surface area contributed by atoms with Gasteiger partial charge in [-0.25, -0.2) is 8.42 Å². The fourth-order valence-electron chi connectivity index (χ4n) is 3.28. The Morgan fingerprint density at radius 1 is 1.04 bits per heavy atom. The lowest BCUT2D eigenvalue weighted by molar-refractivity contribution is 0.361. The Labute approximate surface area is 149 Å². The number of methoxy groups -OCH3 is 2. The first-order valence-electron chi connectivity index (χ1n) is 8.28. The lowest BCUT2D eigenvalue weighted by atomic mass is 10.0. The van der Waals surface area contributed by atoms with Gasteiger partial charge < -0.3 is 9.47 Å². The van der Waals surface area contributed by atoms with Crippen LogP contribution in [0.4, 0.5) is 0 Å². The molecule has 0 bridgehead atoms. The van der Waals surface area contributed by atoms with Crippen LogP contribution in [0.5, 0.6) is 11.5 Å². The van der Waals surface area contributed by atoms with Crippen LogP contribution >= 0.6 is 0 Å². The molecule has 1 saturated heterocycles. The van der Waals surface area contributed by atoms with Crippen molar-refractivity contribution in [3.63, 3.8) is 0 Å². The highest BCUT2D eigenvalue weighted by molar-refractivity contribution is 7.89. The zero-order valence-corrected chi connectivity index (χ0v) is 15.5. The lowest BCUT2D eigenvalue weighted by Gasteiger charge is -2.26. The zero-order chi connectivity index (χ0) is 18.0. The van der Waals surface area contributed by atoms with E-state index < -0.39 is 10.0 Å². The molecule has 0 amide bonds. The van der Waals surface area contributed by atoms with Gasteiger partial charge >= 0.3 is 0 Å². The van der Waals surface area contributed by atoms with E-state index >= 15 is 0 Å². The van der Waals surface area contributed by atoms with Gasteiger partial charge in [-0.2, -0.15) is 4.31 Å². The van der Waals surface area contributed by atoms with Crippen LogP contribution in [-0.2, 0) is 10.0 Å². The van der Waals surface area contributed by atoms with E-state index in [1.54, 1.807) is 30.7 Å². The maximum atomic E-state index is 13.1. The molecule has 1 heterocycles. The van der Waals surface area contributed by atoms with Crippen LogP contribution in [0.3, 0.4) is 0 Å². The third kappa shape index (κ3) is 3.37. The van der Waals surface area contributed by atoms with Crippen LogP contribution in [0.25, 0.3) is 0 Å². The topological polar surface area (TPSA) is 55.8 Å². The maximum absolute atomic E-state index is 13.1. The molecule has 0 saturated carbocycles. The van der Waals surface area contributed by atoms with Gasteiger partial charge in [0.05, 0.1) is 25.2 Å². The van der Waals surface area contributed by atoms with Gasteiger partial charge in [-0.15, -0.1) is 0 Å². The first-order valence-corrected chi connectivity index (χ1v) is 9.72. The normalized spacial score (nSPS) is 18.3. The van der Waals surface area contributed by atoms with Crippen LogP contribution in [0, 0.1) is 6.92 Å². The molecule has 1 aliphatic heterocycles. The lowest BCUT2D eigenvalue weighted by Crippen LogP contribution is -2.30. The highest BCUT2D eigenvalue weighted by Gasteiger charge is 2.37. The number of nitrogens with zero attached hydrogens (tertiary/aromatic N) is 1. The monoisotopic (exact) mass is 361 g/mol. The van der Waals surface area contributed by atoms with Crippen LogP contribution in [-0.4, -0.2) is 33.5 Å². The van der Waals surface area contributed by atoms with E-state index in [1.807, 2.05) is 37.3 Å². The summed E-state index contributed by atoms with van der Waals surface area (Å²) in [5.74, 6) is 1.37. The predicted octanol–water partition coefficient (Wildman–Crippen LogP) is 3.54. The summed E-state index contributed by atoms with van der Waals surface area (Å²) in [6.45, 7) is 2.44. The highest BCUT2D eigenvalue weighted by atomic mass is 32.2. The van der Waals surface area contributed by atoms with Crippen molar-refractivity contribution >= 4 is 10.0 Å². The molecule has 6 heteroatoms. The number of hydrogen-bond donors (Lipinski definition) is 0. The fraction of sp³-hybridized carbons (Fsp3) is 0.368. The molecule has 2 aromatic rings. The van der Waals surface area contributed by atoms with Gasteiger partial charge in [0.25, 0.3) is 0 Å². The molecule has 3 rings (SSSR count). The number of benzene rings is 2. The first kappa shape index (κ1) is 17.8. The summed E-state index contributed by atoms with van der Waals surface area (Å²) in [4.78, 5) is 0.326. The summed E-state index contributed by atoms with van der Waals surface area (Å²) in [6, 6.07) is 12.2. The Kier molecular flexibility index (Phi) is 5.01. The van der Waals surface area contributed by atoms with Crippen LogP contribution in [0.1, 0.15) is 30.0 Å². The Hall–Kier alpha value is -2.05. The van der Waals surface area contributed by atoms with Crippen molar-refractivity contribution in [2.75, 3.05) is 20.8 Å². The van der Waals surface area contributed by atoms with E-state index in [0.717, 1.165) is 24.0 Å². The van der Waals surface area contributed by atoms with Crippen molar-refractivity contribution in [1.82, 2.24) is 4.31 Å². The summed E-state index contributed by atoms with van der Waals surface area (Å²) < 4.78 is 38.6. The van der Waals surface area contributed by atoms with Gasteiger partial charge in [0.15, 0.2) is 0 Å². The van der Waals surface area contributed by atoms with E-state index in [1.165, 1.54) is 0 Å². The van der Waals surface area contributed by atoms with Crippen LogP contribution in [0.15, 0.2) is 47.4 Å². The van der Waals surface area contributed by atoms with E-state index in [9.17, 15) is 8.42 Å². The molecule has 1 aliphatic rings. The second kappa shape index (κ2) is 7.06. The standard InChI is InChI=1S/C19H23NO4S/c1-14-6-9-16(10-7-14)25(21,22)20-12-4-5-18(20)17-13-15(23-2)8-11-19(17)24-3/h6-11,13,18H,4-5,12H2,1-3H3/t18-/m1/s1. The summed E-state index contributed by atoms with van der Waals surface area (Å²) in [6.07, 6.45) is 1.57. The predicted molar refractivity (Wildman–Crippen MR) is 96.6 cm³/mol. The first-order chi connectivity index (χ1) is 12.0. The number of aryl methyl sites for hydroxylation is 1. The molecule has 1 atom stereocenters. The van der Waals surface area contributed by atoms with Crippen LogP contribution < -0.4 is 9.47 Å². The summed E-state index contributed by atoms with van der Waals surface area (Å²) >= 11 is 0. The number of rotatable bonds is 5. The van der Waals surface area contributed by atoms with Crippen molar-refractivity contribution in [3.05, 3.63) is 53.6 Å². The molecule has 0 N–H and O–H groups in total. The minimum Gasteiger partial charge on any atom is -0.497 e. The van der Waals surface area contributed by atoms with E-state index in [4.69, 9.17) is 9.47 Å². The zero-order valence-electron chi connectivity index (χ0n) is 14.7. The Morgan fingerprint density at radius 3 is 2.40 bits per heavy atom. The number of ether oxygens (including phenoxy) is 2. The molecule has 0 spiro atoms. The van der Waals surface area contributed by atoms with Gasteiger partial charge in [-0.1, -0.05) is 17.7 Å². The number of sulfonamides is 1. The average Bonchev–Trinajstić information content (AvgIpc) is 3.12. The highest BCUT2D eigenvalue weighted by Crippen LogP contribution is 2.41. The molecule has 25 heavy (non-hydrogen) atoms. The second-order valence-corrected chi connectivity index (χ2v) is 8.09. The van der Waals surface area contributed by atoms with Crippen molar-refractivity contribution in [1.29, 1.82) is 0 Å². The molecule has 134 valence electrons. The number of hydrogen-bond acceptors (Lipinski definition) is 4. The third-order valence-corrected chi connectivity index (χ3v) is 6.55. The molecular weight excluding hydrogens is 338 g/mol. The quantitative estimate of drug-likeness (QED) is 0.817. The fourth-order valence-corrected chi connectivity index (χ4v) is 4.96. The third-order valence-electron chi connectivity index (χ3n) is 4.63. The maximum Gasteiger partial charge on any atom is 0.243 e. The van der Waals surface area contributed by atoms with Gasteiger partial charge in [-0.05, 0) is 50.1 Å². The Morgan fingerprint density at radius 2 is 1.76 bits per heavy atom. The van der Waals surface area contributed by atoms with E-state index in [-0.39, 0.29) is 6.04 Å². The summed E-state index contributed by atoms with van der Waals surface area (Å²) in [7, 11) is -0.366. The molecule has 2 aromatic carbocycles. The second-order valence-electron chi connectivity index (χ2n) is 6.19. The minimum absolute atomic E-state index is 0.253. The Bertz CT molecular complexity index is 846. The van der Waals surface area contributed by atoms with Crippen LogP contribution in [0.2, 0.25) is 0 Å². The molecule has 0 aliphatic carbocycles. The average molecular weight is 361 g/mol. The van der Waals surface area contributed by atoms with Gasteiger partial charge in [0, 0.05) is 12.1 Å². The van der Waals surface area contributed by atoms with E-state index in [2.05, 4.69) is 0 Å². The van der Waals surface area contributed by atoms with Crippen molar-refractivity contribution in [3.8, 4) is 11.5 Å². The molecule has 0 radical (unpaired) electrons. The molecule has 0 aromatic heterocycles. The molecular formula is C19H23NO4S. The van der Waals surface area contributed by atoms with Gasteiger partial charge in [0.2, 0.25) is 10.0 Å². The van der Waals surface area contributed by atoms with Crippen molar-refractivity contribution in [2.24, 2.45) is 0 Å². The Balaban J connectivity index is 2.02. The van der Waals surface area contributed by atoms with Crippen molar-refractivity contribution < 1.29 is 17.9 Å². The molecule has 5 nitrogen and oxygen atoms in total. The van der Waals surface area contributed by atoms with Gasteiger partial charge in [-0.3, -0.25) is 0 Å². The summed E-state index contributed by atoms with van der Waals surface area (Å²) in [5, 5.41) is 0. The minimum atomic E-state index is -3.56. The summed E-state index contributed by atoms with van der Waals surface area (Å²) in [5.41, 5.74) is 1.88. The SMILES string of the molecule is COc1ccc(OC)c([C@H]2CCCN2S(=O)(=O)c2ccc(C)cc2)c1. The van der Waals surface area contributed by atoms with Gasteiger partial charge in [0.1, 0.15) is 11.5 Å². The largest absolute Gasteiger partial charge is 0.497 e. The molecule has 0 unspecified atom stereocenters. The molecule has 1 fully saturated rings. The smallest absolute Gasteiger partial charge is 0.243 e. The van der Waals surface area contributed by atoms with Crippen molar-refractivity contribution in [2.45, 2.75) is 30.7 Å².